The Hall–Kier alpha value is -3.43. The Morgan fingerprint density at radius 1 is 0.933 bits per heavy atom. The van der Waals surface area contributed by atoms with Crippen LogP contribution in [0.3, 0.4) is 0 Å². The highest BCUT2D eigenvalue weighted by Crippen LogP contribution is 2.10. The number of rotatable bonds is 8. The Kier molecular flexibility index (Phi) is 6.65. The van der Waals surface area contributed by atoms with Gasteiger partial charge < -0.3 is 15.1 Å². The minimum Gasteiger partial charge on any atom is -0.459 e. The maximum Gasteiger partial charge on any atom is 0.287 e. The number of carbonyl (C=O) groups is 2. The number of primary sulfonamides is 1. The van der Waals surface area contributed by atoms with Crippen LogP contribution in [0.1, 0.15) is 21.7 Å². The number of benzene rings is 2. The predicted molar refractivity (Wildman–Crippen MR) is 110 cm³/mol. The summed E-state index contributed by atoms with van der Waals surface area (Å²) < 4.78 is 27.8. The smallest absolute Gasteiger partial charge is 0.287 e. The van der Waals surface area contributed by atoms with Crippen molar-refractivity contribution in [3.63, 3.8) is 0 Å². The number of nitrogens with two attached hydrogens (primary N) is 1. The Labute approximate surface area is 174 Å². The lowest BCUT2D eigenvalue weighted by atomic mass is 10.0. The van der Waals surface area contributed by atoms with Crippen LogP contribution in [-0.4, -0.2) is 26.3 Å². The molecule has 0 saturated heterocycles. The van der Waals surface area contributed by atoms with Gasteiger partial charge >= 0.3 is 0 Å². The standard InChI is InChI=1S/C21H21N3O5S/c22-30(27,28)17-10-8-16(9-11-17)14-23-20(25)18(13-15-5-2-1-3-6-15)24-21(26)19-7-4-12-29-19/h1-12,18H,13-14H2,(H,23,25)(H,24,26)(H2,22,27,28). The van der Waals surface area contributed by atoms with E-state index in [1.807, 2.05) is 30.3 Å². The first-order chi connectivity index (χ1) is 14.3. The van der Waals surface area contributed by atoms with Gasteiger partial charge in [0.15, 0.2) is 5.76 Å². The summed E-state index contributed by atoms with van der Waals surface area (Å²) in [5.74, 6) is -0.762. The summed E-state index contributed by atoms with van der Waals surface area (Å²) in [5, 5.41) is 10.5. The lowest BCUT2D eigenvalue weighted by Crippen LogP contribution is -2.47. The van der Waals surface area contributed by atoms with Gasteiger partial charge in [0, 0.05) is 13.0 Å². The van der Waals surface area contributed by atoms with Gasteiger partial charge in [-0.3, -0.25) is 9.59 Å². The maximum absolute atomic E-state index is 12.8. The van der Waals surface area contributed by atoms with Crippen LogP contribution in [0, 0.1) is 0 Å². The molecule has 1 unspecified atom stereocenters. The largest absolute Gasteiger partial charge is 0.459 e. The third-order valence-electron chi connectivity index (χ3n) is 4.37. The summed E-state index contributed by atoms with van der Waals surface area (Å²) in [6.07, 6.45) is 1.68. The molecule has 1 aromatic heterocycles. The zero-order valence-electron chi connectivity index (χ0n) is 15.9. The number of hydrogen-bond acceptors (Lipinski definition) is 5. The molecule has 0 saturated carbocycles. The second-order valence-corrected chi connectivity index (χ2v) is 8.16. The van der Waals surface area contributed by atoms with E-state index in [0.29, 0.717) is 12.0 Å². The molecule has 4 N–H and O–H groups in total. The van der Waals surface area contributed by atoms with E-state index in [-0.39, 0.29) is 23.1 Å². The van der Waals surface area contributed by atoms with Gasteiger partial charge in [0.25, 0.3) is 5.91 Å². The molecular weight excluding hydrogens is 406 g/mol. The monoisotopic (exact) mass is 427 g/mol. The van der Waals surface area contributed by atoms with Crippen molar-refractivity contribution >= 4 is 21.8 Å². The molecule has 3 aromatic rings. The molecule has 30 heavy (non-hydrogen) atoms. The number of sulfonamides is 1. The lowest BCUT2D eigenvalue weighted by Gasteiger charge is -2.18. The first-order valence-electron chi connectivity index (χ1n) is 9.10. The molecule has 8 nitrogen and oxygen atoms in total. The second-order valence-electron chi connectivity index (χ2n) is 6.60. The zero-order valence-corrected chi connectivity index (χ0v) is 16.8. The lowest BCUT2D eigenvalue weighted by molar-refractivity contribution is -0.123. The predicted octanol–water partition coefficient (Wildman–Crippen LogP) is 1.58. The molecular formula is C21H21N3O5S. The van der Waals surface area contributed by atoms with Crippen LogP contribution in [0.4, 0.5) is 0 Å². The molecule has 0 bridgehead atoms. The van der Waals surface area contributed by atoms with Crippen molar-refractivity contribution in [3.05, 3.63) is 89.9 Å². The van der Waals surface area contributed by atoms with E-state index in [4.69, 9.17) is 9.56 Å². The van der Waals surface area contributed by atoms with Crippen LogP contribution in [0.25, 0.3) is 0 Å². The van der Waals surface area contributed by atoms with Crippen LogP contribution in [0.2, 0.25) is 0 Å². The van der Waals surface area contributed by atoms with E-state index in [1.165, 1.54) is 24.5 Å². The summed E-state index contributed by atoms with van der Waals surface area (Å²) in [6.45, 7) is 0.158. The maximum atomic E-state index is 12.8. The summed E-state index contributed by atoms with van der Waals surface area (Å²) in [6, 6.07) is 17.5. The van der Waals surface area contributed by atoms with Crippen molar-refractivity contribution in [2.24, 2.45) is 5.14 Å². The van der Waals surface area contributed by atoms with Crippen molar-refractivity contribution in [3.8, 4) is 0 Å². The first kappa shape index (κ1) is 21.3. The molecule has 1 heterocycles. The Balaban J connectivity index is 1.68. The summed E-state index contributed by atoms with van der Waals surface area (Å²) in [5.41, 5.74) is 1.57. The SMILES string of the molecule is NS(=O)(=O)c1ccc(CNC(=O)C(Cc2ccccc2)NC(=O)c2ccco2)cc1. The molecule has 0 aliphatic rings. The quantitative estimate of drug-likeness (QED) is 0.502. The van der Waals surface area contributed by atoms with Crippen molar-refractivity contribution in [1.82, 2.24) is 10.6 Å². The fourth-order valence-corrected chi connectivity index (χ4v) is 3.32. The highest BCUT2D eigenvalue weighted by atomic mass is 32.2. The molecule has 0 aliphatic heterocycles. The number of nitrogens with one attached hydrogen (secondary N) is 2. The number of amides is 2. The molecule has 0 spiro atoms. The molecule has 1 atom stereocenters. The van der Waals surface area contributed by atoms with E-state index >= 15 is 0 Å². The minimum absolute atomic E-state index is 0.00904. The van der Waals surface area contributed by atoms with Crippen LogP contribution in [0.15, 0.2) is 82.3 Å². The second kappa shape index (κ2) is 9.38. The summed E-state index contributed by atoms with van der Waals surface area (Å²) in [7, 11) is -3.78. The first-order valence-corrected chi connectivity index (χ1v) is 10.7. The average Bonchev–Trinajstić information content (AvgIpc) is 3.27. The van der Waals surface area contributed by atoms with E-state index < -0.39 is 22.0 Å². The number of hydrogen-bond donors (Lipinski definition) is 3. The van der Waals surface area contributed by atoms with Gasteiger partial charge in [-0.1, -0.05) is 42.5 Å². The third-order valence-corrected chi connectivity index (χ3v) is 5.30. The van der Waals surface area contributed by atoms with Crippen molar-refractivity contribution in [1.29, 1.82) is 0 Å². The van der Waals surface area contributed by atoms with Gasteiger partial charge in [-0.2, -0.15) is 0 Å². The molecule has 9 heteroatoms. The van der Waals surface area contributed by atoms with Crippen molar-refractivity contribution in [2.75, 3.05) is 0 Å². The fraction of sp³-hybridized carbons (Fsp3) is 0.143. The topological polar surface area (TPSA) is 132 Å². The zero-order chi connectivity index (χ0) is 21.6. The highest BCUT2D eigenvalue weighted by Gasteiger charge is 2.23. The molecule has 156 valence electrons. The van der Waals surface area contributed by atoms with Gasteiger partial charge in [-0.25, -0.2) is 13.6 Å². The molecule has 0 radical (unpaired) electrons. The van der Waals surface area contributed by atoms with E-state index in [0.717, 1.165) is 5.56 Å². The van der Waals surface area contributed by atoms with Gasteiger partial charge in [0.2, 0.25) is 15.9 Å². The minimum atomic E-state index is -3.78. The molecule has 2 aromatic carbocycles. The van der Waals surface area contributed by atoms with Crippen LogP contribution in [0.5, 0.6) is 0 Å². The van der Waals surface area contributed by atoms with E-state index in [9.17, 15) is 18.0 Å². The van der Waals surface area contributed by atoms with Gasteiger partial charge in [-0.15, -0.1) is 0 Å². The van der Waals surface area contributed by atoms with E-state index in [1.54, 1.807) is 18.2 Å². The van der Waals surface area contributed by atoms with Crippen LogP contribution < -0.4 is 15.8 Å². The Morgan fingerprint density at radius 2 is 1.63 bits per heavy atom. The average molecular weight is 427 g/mol. The molecule has 0 aliphatic carbocycles. The van der Waals surface area contributed by atoms with E-state index in [2.05, 4.69) is 10.6 Å². The summed E-state index contributed by atoms with van der Waals surface area (Å²) in [4.78, 5) is 25.1. The normalized spacial score (nSPS) is 12.2. The third kappa shape index (κ3) is 5.79. The Bertz CT molecular complexity index is 1100. The number of furan rings is 1. The molecule has 0 fully saturated rings. The van der Waals surface area contributed by atoms with Crippen LogP contribution >= 0.6 is 0 Å². The van der Waals surface area contributed by atoms with Crippen LogP contribution in [-0.2, 0) is 27.8 Å². The number of carbonyl (C=O) groups excluding carboxylic acids is 2. The van der Waals surface area contributed by atoms with Crippen molar-refractivity contribution < 1.29 is 22.4 Å². The van der Waals surface area contributed by atoms with Crippen molar-refractivity contribution in [2.45, 2.75) is 23.9 Å². The van der Waals surface area contributed by atoms with Gasteiger partial charge in [0.1, 0.15) is 6.04 Å². The fourth-order valence-electron chi connectivity index (χ4n) is 2.81. The molecule has 3 rings (SSSR count). The summed E-state index contributed by atoms with van der Waals surface area (Å²) >= 11 is 0. The Morgan fingerprint density at radius 3 is 2.23 bits per heavy atom. The van der Waals surface area contributed by atoms with Gasteiger partial charge in [0.05, 0.1) is 11.2 Å². The van der Waals surface area contributed by atoms with Gasteiger partial charge in [-0.05, 0) is 35.4 Å². The molecule has 2 amide bonds. The highest BCUT2D eigenvalue weighted by molar-refractivity contribution is 7.89.